The second kappa shape index (κ2) is 17.9. The molecule has 210 valence electrons. The van der Waals surface area contributed by atoms with Gasteiger partial charge >= 0.3 is 0 Å². The van der Waals surface area contributed by atoms with Gasteiger partial charge in [-0.25, -0.2) is 0 Å². The average molecular weight is 513 g/mol. The number of hydrogen-bond acceptors (Lipinski definition) is 11. The first-order chi connectivity index (χ1) is 16.7. The molecule has 0 spiro atoms. The summed E-state index contributed by atoms with van der Waals surface area (Å²) in [6.45, 7) is 2.95. The monoisotopic (exact) mass is 512 g/mol. The molecule has 0 saturated carbocycles. The van der Waals surface area contributed by atoms with Gasteiger partial charge in [-0.05, 0) is 19.3 Å². The summed E-state index contributed by atoms with van der Waals surface area (Å²) in [6, 6.07) is 0. The molecule has 0 aromatic carbocycles. The van der Waals surface area contributed by atoms with Crippen LogP contribution in [0.4, 0.5) is 0 Å². The van der Waals surface area contributed by atoms with Gasteiger partial charge in [-0.2, -0.15) is 0 Å². The van der Waals surface area contributed by atoms with Crippen LogP contribution < -0.4 is 0 Å². The Balaban J connectivity index is 2.62. The molecule has 1 fully saturated rings. The van der Waals surface area contributed by atoms with Crippen molar-refractivity contribution in [3.05, 3.63) is 0 Å². The molecule has 5 unspecified atom stereocenters. The maximum atomic E-state index is 10.6. The Morgan fingerprint density at radius 2 is 1.40 bits per heavy atom. The highest BCUT2D eigenvalue weighted by Gasteiger charge is 2.46. The minimum atomic E-state index is -1.79. The molecule has 1 aliphatic rings. The molecular formula is C24H48O11. The molecule has 11 nitrogen and oxygen atoms in total. The van der Waals surface area contributed by atoms with Crippen molar-refractivity contribution in [3.63, 3.8) is 0 Å². The Labute approximate surface area is 208 Å². The van der Waals surface area contributed by atoms with E-state index in [1.165, 1.54) is 25.7 Å². The summed E-state index contributed by atoms with van der Waals surface area (Å²) < 4.78 is 16.3. The number of rotatable bonds is 19. The predicted octanol–water partition coefficient (Wildman–Crippen LogP) is -0.470. The Morgan fingerprint density at radius 3 is 1.97 bits per heavy atom. The maximum absolute atomic E-state index is 10.6. The van der Waals surface area contributed by atoms with E-state index in [0.29, 0.717) is 12.8 Å². The van der Waals surface area contributed by atoms with Crippen molar-refractivity contribution in [3.8, 4) is 0 Å². The third-order valence-corrected chi connectivity index (χ3v) is 6.51. The second-order valence-corrected chi connectivity index (χ2v) is 9.33. The van der Waals surface area contributed by atoms with E-state index in [1.54, 1.807) is 0 Å². The van der Waals surface area contributed by atoms with Crippen LogP contribution in [0.5, 0.6) is 0 Å². The molecule has 0 radical (unpaired) electrons. The second-order valence-electron chi connectivity index (χ2n) is 9.33. The van der Waals surface area contributed by atoms with Crippen LogP contribution in [0.1, 0.15) is 78.1 Å². The van der Waals surface area contributed by atoms with Crippen molar-refractivity contribution in [1.29, 1.82) is 0 Å². The zero-order valence-electron chi connectivity index (χ0n) is 21.1. The number of aliphatic hydroxyl groups is 8. The minimum absolute atomic E-state index is 0.199. The SMILES string of the molecule is CCCCCCCCCC(CC)O[C@H](O)[C@@H](O)C(O)[C@@H](CCO)O[C@H]1OC(CO)[C@@H](O)C(O)C1O. The number of ether oxygens (including phenoxy) is 3. The lowest BCUT2D eigenvalue weighted by atomic mass is 9.98. The highest BCUT2D eigenvalue weighted by Crippen LogP contribution is 2.25. The lowest BCUT2D eigenvalue weighted by Gasteiger charge is -2.41. The van der Waals surface area contributed by atoms with Crippen LogP contribution in [0.15, 0.2) is 0 Å². The Kier molecular flexibility index (Phi) is 16.7. The van der Waals surface area contributed by atoms with Crippen molar-refractivity contribution in [2.24, 2.45) is 0 Å². The van der Waals surface area contributed by atoms with Gasteiger partial charge in [0.05, 0.1) is 18.8 Å². The van der Waals surface area contributed by atoms with Crippen molar-refractivity contribution in [2.75, 3.05) is 13.2 Å². The topological polar surface area (TPSA) is 190 Å². The molecule has 1 rings (SSSR count). The number of hydrogen-bond donors (Lipinski definition) is 8. The maximum Gasteiger partial charge on any atom is 0.187 e. The van der Waals surface area contributed by atoms with Crippen LogP contribution in [-0.4, -0.2) is 115 Å². The molecule has 1 saturated heterocycles. The summed E-state index contributed by atoms with van der Waals surface area (Å²) in [7, 11) is 0. The van der Waals surface area contributed by atoms with E-state index in [1.807, 2.05) is 6.92 Å². The summed E-state index contributed by atoms with van der Waals surface area (Å²) in [5.41, 5.74) is 0. The van der Waals surface area contributed by atoms with Gasteiger partial charge in [0.1, 0.15) is 36.6 Å². The average Bonchev–Trinajstić information content (AvgIpc) is 2.86. The third-order valence-electron chi connectivity index (χ3n) is 6.51. The van der Waals surface area contributed by atoms with Gasteiger partial charge in [0.15, 0.2) is 12.6 Å². The molecule has 0 aromatic heterocycles. The molecule has 35 heavy (non-hydrogen) atoms. The largest absolute Gasteiger partial charge is 0.396 e. The van der Waals surface area contributed by atoms with Gasteiger partial charge in [-0.3, -0.25) is 0 Å². The van der Waals surface area contributed by atoms with Gasteiger partial charge in [-0.15, -0.1) is 0 Å². The van der Waals surface area contributed by atoms with Gasteiger partial charge in [0, 0.05) is 6.61 Å². The molecule has 0 amide bonds. The first-order valence-corrected chi connectivity index (χ1v) is 13.0. The fourth-order valence-electron chi connectivity index (χ4n) is 4.16. The highest BCUT2D eigenvalue weighted by molar-refractivity contribution is 4.90. The molecule has 0 bridgehead atoms. The lowest BCUT2D eigenvalue weighted by Crippen LogP contribution is -2.60. The third kappa shape index (κ3) is 10.8. The smallest absolute Gasteiger partial charge is 0.187 e. The van der Waals surface area contributed by atoms with Crippen molar-refractivity contribution in [2.45, 2.75) is 139 Å². The van der Waals surface area contributed by atoms with E-state index in [0.717, 1.165) is 19.3 Å². The van der Waals surface area contributed by atoms with Gasteiger partial charge in [-0.1, -0.05) is 58.8 Å². The summed E-state index contributed by atoms with van der Waals surface area (Å²) >= 11 is 0. The lowest BCUT2D eigenvalue weighted by molar-refractivity contribution is -0.323. The zero-order valence-corrected chi connectivity index (χ0v) is 21.1. The van der Waals surface area contributed by atoms with Crippen LogP contribution in [0, 0.1) is 0 Å². The quantitative estimate of drug-likeness (QED) is 0.0825. The van der Waals surface area contributed by atoms with Crippen LogP contribution in [0.25, 0.3) is 0 Å². The van der Waals surface area contributed by atoms with Crippen molar-refractivity contribution < 1.29 is 55.1 Å². The molecule has 1 heterocycles. The van der Waals surface area contributed by atoms with Crippen LogP contribution >= 0.6 is 0 Å². The van der Waals surface area contributed by atoms with Crippen LogP contribution in [0.3, 0.4) is 0 Å². The van der Waals surface area contributed by atoms with Gasteiger partial charge < -0.3 is 55.1 Å². The Hall–Kier alpha value is -0.440. The van der Waals surface area contributed by atoms with Crippen LogP contribution in [0.2, 0.25) is 0 Å². The van der Waals surface area contributed by atoms with E-state index in [2.05, 4.69) is 6.92 Å². The number of unbranched alkanes of at least 4 members (excludes halogenated alkanes) is 6. The Bertz CT molecular complexity index is 524. The first kappa shape index (κ1) is 32.6. The van der Waals surface area contributed by atoms with E-state index >= 15 is 0 Å². The van der Waals surface area contributed by atoms with E-state index in [4.69, 9.17) is 14.2 Å². The first-order valence-electron chi connectivity index (χ1n) is 13.0. The molecule has 8 N–H and O–H groups in total. The highest BCUT2D eigenvalue weighted by atomic mass is 16.7. The minimum Gasteiger partial charge on any atom is -0.396 e. The fraction of sp³-hybridized carbons (Fsp3) is 1.00. The fourth-order valence-corrected chi connectivity index (χ4v) is 4.16. The van der Waals surface area contributed by atoms with Crippen LogP contribution in [-0.2, 0) is 14.2 Å². The van der Waals surface area contributed by atoms with Crippen molar-refractivity contribution in [1.82, 2.24) is 0 Å². The molecule has 11 heteroatoms. The summed E-state index contributed by atoms with van der Waals surface area (Å²) in [6.07, 6.45) is -5.58. The standard InChI is InChI=1S/C24H48O11/c1-3-5-6-7-8-9-10-11-15(4-2)33-23(32)21(30)18(27)16(12-13-25)34-24-22(31)20(29)19(28)17(14-26)35-24/h15-32H,3-14H2,1-2H3/t15?,16-,17?,18?,19-,20?,21+,22?,23+,24+/m1/s1. The normalized spacial score (nSPS) is 29.5. The Morgan fingerprint density at radius 1 is 0.771 bits per heavy atom. The molecule has 0 aromatic rings. The summed E-state index contributed by atoms with van der Waals surface area (Å²) in [4.78, 5) is 0. The van der Waals surface area contributed by atoms with Crippen molar-refractivity contribution >= 4 is 0 Å². The van der Waals surface area contributed by atoms with E-state index in [-0.39, 0.29) is 12.5 Å². The van der Waals surface area contributed by atoms with Gasteiger partial charge in [0.25, 0.3) is 0 Å². The molecule has 0 aliphatic carbocycles. The number of aliphatic hydroxyl groups excluding tert-OH is 8. The molecule has 1 aliphatic heterocycles. The van der Waals surface area contributed by atoms with E-state index < -0.39 is 68.5 Å². The summed E-state index contributed by atoms with van der Waals surface area (Å²) in [5, 5.41) is 80.1. The summed E-state index contributed by atoms with van der Waals surface area (Å²) in [5.74, 6) is 0. The van der Waals surface area contributed by atoms with Gasteiger partial charge in [0.2, 0.25) is 0 Å². The predicted molar refractivity (Wildman–Crippen MR) is 126 cm³/mol. The molecular weight excluding hydrogens is 464 g/mol. The molecule has 10 atom stereocenters. The zero-order chi connectivity index (χ0) is 26.4. The van der Waals surface area contributed by atoms with E-state index in [9.17, 15) is 40.9 Å².